The number of aliphatic imine (C=N–C) groups is 1. The van der Waals surface area contributed by atoms with Gasteiger partial charge in [-0.2, -0.15) is 0 Å². The number of nitrogens with zero attached hydrogens (tertiary/aromatic N) is 5. The summed E-state index contributed by atoms with van der Waals surface area (Å²) in [7, 11) is 0. The van der Waals surface area contributed by atoms with Gasteiger partial charge in [0.25, 0.3) is 0 Å². The fourth-order valence-corrected chi connectivity index (χ4v) is 3.49. The second-order valence-corrected chi connectivity index (χ2v) is 7.31. The van der Waals surface area contributed by atoms with Crippen molar-refractivity contribution in [1.29, 1.82) is 0 Å². The van der Waals surface area contributed by atoms with Crippen molar-refractivity contribution in [2.24, 2.45) is 4.99 Å². The van der Waals surface area contributed by atoms with Crippen molar-refractivity contribution in [3.05, 3.63) is 64.6 Å². The van der Waals surface area contributed by atoms with Crippen LogP contribution in [0.2, 0.25) is 0 Å². The normalized spacial score (nSPS) is 11.1. The van der Waals surface area contributed by atoms with Gasteiger partial charge in [0.15, 0.2) is 5.96 Å². The standard InChI is InChI=1S/C20H27N7S.HI/c1-2-19-26-25-16-27(19)14-13-24-20(23-12-9-18-7-5-15-28-18)22-11-8-17-6-3-4-10-21-17;/h3-7,10,15-16H,2,8-9,11-14H2,1H3,(H2,22,23,24);1H. The van der Waals surface area contributed by atoms with Crippen molar-refractivity contribution in [3.63, 3.8) is 0 Å². The number of aryl methyl sites for hydroxylation is 1. The van der Waals surface area contributed by atoms with Crippen molar-refractivity contribution < 1.29 is 0 Å². The summed E-state index contributed by atoms with van der Waals surface area (Å²) in [5, 5.41) is 17.1. The number of halogens is 1. The lowest BCUT2D eigenvalue weighted by Crippen LogP contribution is -2.40. The van der Waals surface area contributed by atoms with Crippen LogP contribution in [0.3, 0.4) is 0 Å². The van der Waals surface area contributed by atoms with E-state index in [4.69, 9.17) is 4.99 Å². The molecule has 3 aromatic heterocycles. The predicted molar refractivity (Wildman–Crippen MR) is 129 cm³/mol. The molecule has 9 heteroatoms. The van der Waals surface area contributed by atoms with Gasteiger partial charge in [-0.25, -0.2) is 0 Å². The third-order valence-electron chi connectivity index (χ3n) is 4.27. The van der Waals surface area contributed by atoms with Crippen molar-refractivity contribution in [1.82, 2.24) is 30.4 Å². The molecule has 7 nitrogen and oxygen atoms in total. The lowest BCUT2D eigenvalue weighted by molar-refractivity contribution is 0.631. The lowest BCUT2D eigenvalue weighted by atomic mass is 10.3. The maximum atomic E-state index is 4.73. The zero-order valence-corrected chi connectivity index (χ0v) is 19.8. The Labute approximate surface area is 193 Å². The van der Waals surface area contributed by atoms with Crippen LogP contribution in [-0.4, -0.2) is 45.3 Å². The first-order chi connectivity index (χ1) is 13.8. The molecule has 0 unspecified atom stereocenters. The molecule has 0 aliphatic rings. The number of rotatable bonds is 10. The minimum Gasteiger partial charge on any atom is -0.356 e. The summed E-state index contributed by atoms with van der Waals surface area (Å²) in [5.74, 6) is 1.83. The molecule has 0 radical (unpaired) electrons. The highest BCUT2D eigenvalue weighted by atomic mass is 127. The topological polar surface area (TPSA) is 80.0 Å². The van der Waals surface area contributed by atoms with Crippen molar-refractivity contribution in [3.8, 4) is 0 Å². The third-order valence-corrected chi connectivity index (χ3v) is 5.20. The van der Waals surface area contributed by atoms with Crippen LogP contribution in [0.4, 0.5) is 0 Å². The SMILES string of the molecule is CCc1nncn1CCNC(=NCCc1cccs1)NCCc1ccccn1.I. The van der Waals surface area contributed by atoms with E-state index in [-0.39, 0.29) is 24.0 Å². The maximum absolute atomic E-state index is 4.73. The van der Waals surface area contributed by atoms with Gasteiger partial charge in [0.05, 0.1) is 0 Å². The number of thiophene rings is 1. The molecule has 0 spiro atoms. The Morgan fingerprint density at radius 2 is 2.03 bits per heavy atom. The molecule has 0 saturated heterocycles. The first-order valence-electron chi connectivity index (χ1n) is 9.66. The van der Waals surface area contributed by atoms with Crippen LogP contribution < -0.4 is 10.6 Å². The molecule has 0 aromatic carbocycles. The van der Waals surface area contributed by atoms with Crippen LogP contribution in [0.25, 0.3) is 0 Å². The average Bonchev–Trinajstić information content (AvgIpc) is 3.40. The van der Waals surface area contributed by atoms with Gasteiger partial charge >= 0.3 is 0 Å². The summed E-state index contributed by atoms with van der Waals surface area (Å²) < 4.78 is 2.07. The van der Waals surface area contributed by atoms with Gasteiger partial charge in [-0.15, -0.1) is 45.5 Å². The van der Waals surface area contributed by atoms with Crippen LogP contribution in [0, 0.1) is 0 Å². The number of hydrogen-bond acceptors (Lipinski definition) is 5. The molecular formula is C20H28IN7S. The van der Waals surface area contributed by atoms with Crippen LogP contribution in [0.1, 0.15) is 23.3 Å². The van der Waals surface area contributed by atoms with E-state index in [1.165, 1.54) is 4.88 Å². The van der Waals surface area contributed by atoms with Crippen molar-refractivity contribution >= 4 is 41.3 Å². The van der Waals surface area contributed by atoms with E-state index in [0.717, 1.165) is 62.9 Å². The molecule has 0 fully saturated rings. The summed E-state index contributed by atoms with van der Waals surface area (Å²) in [6.07, 6.45) is 6.30. The van der Waals surface area contributed by atoms with Crippen LogP contribution in [0.5, 0.6) is 0 Å². The first kappa shape index (κ1) is 23.3. The fraction of sp³-hybridized carbons (Fsp3) is 0.400. The molecule has 3 aromatic rings. The van der Waals surface area contributed by atoms with E-state index in [2.05, 4.69) is 54.8 Å². The second kappa shape index (κ2) is 13.3. The van der Waals surface area contributed by atoms with Gasteiger partial charge in [0.1, 0.15) is 12.2 Å². The fourth-order valence-electron chi connectivity index (χ4n) is 2.80. The first-order valence-corrected chi connectivity index (χ1v) is 10.5. The highest BCUT2D eigenvalue weighted by molar-refractivity contribution is 14.0. The quantitative estimate of drug-likeness (QED) is 0.242. The van der Waals surface area contributed by atoms with E-state index >= 15 is 0 Å². The number of aromatic nitrogens is 4. The molecule has 0 atom stereocenters. The third kappa shape index (κ3) is 8.09. The molecule has 0 aliphatic heterocycles. The Morgan fingerprint density at radius 1 is 1.14 bits per heavy atom. The van der Waals surface area contributed by atoms with E-state index in [0.29, 0.717) is 0 Å². The summed E-state index contributed by atoms with van der Waals surface area (Å²) in [6.45, 7) is 5.20. The molecule has 2 N–H and O–H groups in total. The van der Waals surface area contributed by atoms with E-state index < -0.39 is 0 Å². The minimum absolute atomic E-state index is 0. The summed E-state index contributed by atoms with van der Waals surface area (Å²) in [6, 6.07) is 10.2. The monoisotopic (exact) mass is 525 g/mol. The number of nitrogens with one attached hydrogen (secondary N) is 2. The lowest BCUT2D eigenvalue weighted by Gasteiger charge is -2.13. The summed E-state index contributed by atoms with van der Waals surface area (Å²) in [4.78, 5) is 10.5. The maximum Gasteiger partial charge on any atom is 0.191 e. The highest BCUT2D eigenvalue weighted by Crippen LogP contribution is 2.08. The van der Waals surface area contributed by atoms with Crippen LogP contribution >= 0.6 is 35.3 Å². The van der Waals surface area contributed by atoms with Crippen LogP contribution in [0.15, 0.2) is 53.2 Å². The smallest absolute Gasteiger partial charge is 0.191 e. The highest BCUT2D eigenvalue weighted by Gasteiger charge is 2.03. The molecule has 0 bridgehead atoms. The zero-order valence-electron chi connectivity index (χ0n) is 16.6. The Kier molecular flexibility index (Phi) is 10.6. The second-order valence-electron chi connectivity index (χ2n) is 6.28. The summed E-state index contributed by atoms with van der Waals surface area (Å²) >= 11 is 1.77. The van der Waals surface area contributed by atoms with Gasteiger partial charge in [-0.1, -0.05) is 19.1 Å². The van der Waals surface area contributed by atoms with E-state index in [1.54, 1.807) is 17.7 Å². The molecule has 0 amide bonds. The van der Waals surface area contributed by atoms with Crippen LogP contribution in [-0.2, 0) is 25.8 Å². The predicted octanol–water partition coefficient (Wildman–Crippen LogP) is 2.94. The van der Waals surface area contributed by atoms with Gasteiger partial charge in [0, 0.05) is 62.2 Å². The Morgan fingerprint density at radius 3 is 2.79 bits per heavy atom. The van der Waals surface area contributed by atoms with Gasteiger partial charge in [0.2, 0.25) is 0 Å². The zero-order chi connectivity index (χ0) is 19.4. The molecule has 0 aliphatic carbocycles. The molecule has 3 heterocycles. The van der Waals surface area contributed by atoms with Gasteiger partial charge in [-0.3, -0.25) is 9.98 Å². The molecule has 3 rings (SSSR count). The largest absolute Gasteiger partial charge is 0.356 e. The number of hydrogen-bond donors (Lipinski definition) is 2. The van der Waals surface area contributed by atoms with E-state index in [1.807, 2.05) is 24.4 Å². The Hall–Kier alpha value is -2.01. The molecule has 0 saturated carbocycles. The van der Waals surface area contributed by atoms with Gasteiger partial charge < -0.3 is 15.2 Å². The van der Waals surface area contributed by atoms with Crippen molar-refractivity contribution in [2.75, 3.05) is 19.6 Å². The molecular weight excluding hydrogens is 497 g/mol. The number of guanidine groups is 1. The molecule has 156 valence electrons. The van der Waals surface area contributed by atoms with Crippen molar-refractivity contribution in [2.45, 2.75) is 32.7 Å². The van der Waals surface area contributed by atoms with Gasteiger partial charge in [-0.05, 0) is 23.6 Å². The average molecular weight is 525 g/mol. The Bertz CT molecular complexity index is 834. The van der Waals surface area contributed by atoms with E-state index in [9.17, 15) is 0 Å². The Balaban J connectivity index is 0.00000300. The summed E-state index contributed by atoms with van der Waals surface area (Å²) in [5.41, 5.74) is 1.07. The minimum atomic E-state index is 0. The number of pyridine rings is 1. The molecule has 29 heavy (non-hydrogen) atoms.